The van der Waals surface area contributed by atoms with E-state index < -0.39 is 17.7 Å². The summed E-state index contributed by atoms with van der Waals surface area (Å²) in [4.78, 5) is 47.6. The first-order chi connectivity index (χ1) is 18.7. The van der Waals surface area contributed by atoms with Gasteiger partial charge in [-0.3, -0.25) is 19.3 Å². The largest absolute Gasteiger partial charge is 0.480 e. The van der Waals surface area contributed by atoms with Gasteiger partial charge in [0.2, 0.25) is 5.91 Å². The predicted molar refractivity (Wildman–Crippen MR) is 148 cm³/mol. The van der Waals surface area contributed by atoms with E-state index in [0.717, 1.165) is 18.4 Å². The number of likely N-dealkylation sites (N-methyl/N-ethyl adjacent to an activating group) is 1. The Labute approximate surface area is 229 Å². The number of guanidine groups is 1. The van der Waals surface area contributed by atoms with Gasteiger partial charge in [0.05, 0.1) is 24.0 Å². The van der Waals surface area contributed by atoms with Crippen LogP contribution in [0, 0.1) is 0 Å². The fraction of sp³-hybridized carbons (Fsp3) is 0.467. The minimum absolute atomic E-state index is 0.0541. The Hall–Kier alpha value is -3.88. The molecule has 0 radical (unpaired) electrons. The molecule has 0 bridgehead atoms. The molecule has 2 unspecified atom stereocenters. The second-order valence-electron chi connectivity index (χ2n) is 10.9. The van der Waals surface area contributed by atoms with Crippen molar-refractivity contribution in [3.05, 3.63) is 64.7 Å². The Bertz CT molecular complexity index is 1330. The fourth-order valence-corrected chi connectivity index (χ4v) is 6.04. The lowest BCUT2D eigenvalue weighted by atomic mass is 9.86. The zero-order valence-corrected chi connectivity index (χ0v) is 23.1. The zero-order chi connectivity index (χ0) is 27.9. The monoisotopic (exact) mass is 531 g/mol. The lowest BCUT2D eigenvalue weighted by Gasteiger charge is -2.43. The maximum Gasteiger partial charge on any atom is 0.263 e. The highest BCUT2D eigenvalue weighted by Gasteiger charge is 2.44. The fourth-order valence-electron chi connectivity index (χ4n) is 6.04. The number of nitrogens with zero attached hydrogens (tertiary/aromatic N) is 3. The number of nitrogens with two attached hydrogens (primary N) is 1. The van der Waals surface area contributed by atoms with Crippen molar-refractivity contribution in [3.8, 4) is 5.75 Å². The number of benzene rings is 2. The average Bonchev–Trinajstić information content (AvgIpc) is 3.34. The maximum absolute atomic E-state index is 13.6. The molecule has 2 aromatic rings. The van der Waals surface area contributed by atoms with E-state index in [9.17, 15) is 14.4 Å². The smallest absolute Gasteiger partial charge is 0.263 e. The van der Waals surface area contributed by atoms with Gasteiger partial charge < -0.3 is 20.7 Å². The number of carbonyl (C=O) groups is 3. The molecule has 3 N–H and O–H groups in total. The summed E-state index contributed by atoms with van der Waals surface area (Å²) in [7, 11) is 3.34. The maximum atomic E-state index is 13.6. The van der Waals surface area contributed by atoms with Crippen molar-refractivity contribution in [2.45, 2.75) is 76.1 Å². The van der Waals surface area contributed by atoms with Crippen LogP contribution in [-0.4, -0.2) is 59.2 Å². The van der Waals surface area contributed by atoms with Crippen LogP contribution >= 0.6 is 0 Å². The molecule has 0 saturated carbocycles. The van der Waals surface area contributed by atoms with Crippen LogP contribution < -0.4 is 15.8 Å². The number of hydrogen-bond acceptors (Lipinski definition) is 6. The van der Waals surface area contributed by atoms with Crippen LogP contribution in [0.4, 0.5) is 0 Å². The van der Waals surface area contributed by atoms with Gasteiger partial charge >= 0.3 is 0 Å². The molecule has 1 aliphatic carbocycles. The van der Waals surface area contributed by atoms with Crippen molar-refractivity contribution in [2.24, 2.45) is 10.7 Å². The van der Waals surface area contributed by atoms with Crippen LogP contribution in [0.5, 0.6) is 5.75 Å². The van der Waals surface area contributed by atoms with E-state index in [0.29, 0.717) is 29.7 Å². The molecule has 39 heavy (non-hydrogen) atoms. The summed E-state index contributed by atoms with van der Waals surface area (Å²) >= 11 is 0. The van der Waals surface area contributed by atoms with Gasteiger partial charge in [-0.1, -0.05) is 38.1 Å². The third-order valence-corrected chi connectivity index (χ3v) is 8.47. The molecule has 2 heterocycles. The highest BCUT2D eigenvalue weighted by atomic mass is 16.5. The van der Waals surface area contributed by atoms with Crippen molar-refractivity contribution in [1.82, 2.24) is 15.1 Å². The van der Waals surface area contributed by atoms with Crippen LogP contribution in [0.2, 0.25) is 0 Å². The number of carbonyl (C=O) groups excluding carboxylic acids is 3. The normalized spacial score (nSPS) is 23.3. The standard InChI is InChI=1S/C30H37N5O4/c1-5-30(6-2)17-26(36)35(29(31)33-30)23-16-25(28(38)34(3)4)39-24-14-12-19(15-21(23)24)27(37)32-22-13-11-18-9-7-8-10-20(18)22/h7-10,12,14-15,22-23,25H,5-6,11,13,16-17H2,1-4H3,(H2,31,33)(H,32,37)/t22-,23?,25?/m0/s1. The minimum Gasteiger partial charge on any atom is -0.480 e. The summed E-state index contributed by atoms with van der Waals surface area (Å²) in [5.41, 5.74) is 9.44. The van der Waals surface area contributed by atoms with Gasteiger partial charge in [0.25, 0.3) is 11.8 Å². The molecule has 0 spiro atoms. The van der Waals surface area contributed by atoms with Crippen LogP contribution in [0.15, 0.2) is 47.5 Å². The van der Waals surface area contributed by atoms with Gasteiger partial charge in [0.15, 0.2) is 12.1 Å². The van der Waals surface area contributed by atoms with E-state index in [1.807, 2.05) is 26.0 Å². The summed E-state index contributed by atoms with van der Waals surface area (Å²) in [6, 6.07) is 12.7. The van der Waals surface area contributed by atoms with Crippen LogP contribution in [0.1, 0.15) is 85.1 Å². The number of nitrogens with one attached hydrogen (secondary N) is 1. The van der Waals surface area contributed by atoms with Gasteiger partial charge in [-0.05, 0) is 55.0 Å². The Morgan fingerprint density at radius 3 is 2.59 bits per heavy atom. The highest BCUT2D eigenvalue weighted by molar-refractivity contribution is 6.00. The third kappa shape index (κ3) is 4.86. The quantitative estimate of drug-likeness (QED) is 0.592. The number of aryl methyl sites for hydroxylation is 1. The lowest BCUT2D eigenvalue weighted by molar-refractivity contribution is -0.140. The molecular weight excluding hydrogens is 494 g/mol. The number of fused-ring (bicyclic) bond motifs is 2. The Kier molecular flexibility index (Phi) is 7.09. The van der Waals surface area contributed by atoms with Gasteiger partial charge in [-0.2, -0.15) is 0 Å². The van der Waals surface area contributed by atoms with Crippen molar-refractivity contribution < 1.29 is 19.1 Å². The molecule has 0 aromatic heterocycles. The number of rotatable bonds is 6. The Morgan fingerprint density at radius 2 is 1.90 bits per heavy atom. The number of aliphatic imine (C=N–C) groups is 1. The molecule has 2 aromatic carbocycles. The SMILES string of the molecule is CCC1(CC)CC(=O)N(C2CC(C(=O)N(C)C)Oc3ccc(C(=O)N[C@H]4CCc5ccccc54)cc32)C(N)=N1. The zero-order valence-electron chi connectivity index (χ0n) is 23.1. The van der Waals surface area contributed by atoms with Gasteiger partial charge in [-0.25, -0.2) is 4.99 Å². The molecule has 3 atom stereocenters. The molecule has 5 rings (SSSR count). The van der Waals surface area contributed by atoms with Crippen molar-refractivity contribution >= 4 is 23.7 Å². The van der Waals surface area contributed by atoms with Crippen molar-refractivity contribution in [2.75, 3.05) is 14.1 Å². The molecule has 9 heteroatoms. The first-order valence-electron chi connectivity index (χ1n) is 13.7. The summed E-state index contributed by atoms with van der Waals surface area (Å²) in [5, 5.41) is 3.17. The van der Waals surface area contributed by atoms with E-state index in [4.69, 9.17) is 15.5 Å². The number of amides is 3. The van der Waals surface area contributed by atoms with E-state index in [-0.39, 0.29) is 42.6 Å². The lowest BCUT2D eigenvalue weighted by Crippen LogP contribution is -2.54. The molecular formula is C30H37N5O4. The average molecular weight is 532 g/mol. The molecule has 3 aliphatic rings. The molecule has 3 amide bonds. The predicted octanol–water partition coefficient (Wildman–Crippen LogP) is 3.49. The molecule has 206 valence electrons. The van der Waals surface area contributed by atoms with Crippen molar-refractivity contribution in [3.63, 3.8) is 0 Å². The van der Waals surface area contributed by atoms with E-state index >= 15 is 0 Å². The van der Waals surface area contributed by atoms with E-state index in [1.54, 1.807) is 32.3 Å². The first kappa shape index (κ1) is 26.7. The number of ether oxygens (including phenoxy) is 1. The highest BCUT2D eigenvalue weighted by Crippen LogP contribution is 2.42. The second-order valence-corrected chi connectivity index (χ2v) is 10.9. The van der Waals surface area contributed by atoms with Crippen molar-refractivity contribution in [1.29, 1.82) is 0 Å². The molecule has 0 saturated heterocycles. The molecule has 9 nitrogen and oxygen atoms in total. The third-order valence-electron chi connectivity index (χ3n) is 8.47. The topological polar surface area (TPSA) is 117 Å². The first-order valence-corrected chi connectivity index (χ1v) is 13.7. The summed E-state index contributed by atoms with van der Waals surface area (Å²) < 4.78 is 6.10. The summed E-state index contributed by atoms with van der Waals surface area (Å²) in [5.74, 6) is 0.0487. The van der Waals surface area contributed by atoms with Gasteiger partial charge in [0, 0.05) is 31.6 Å². The Morgan fingerprint density at radius 1 is 1.15 bits per heavy atom. The molecule has 2 aliphatic heterocycles. The van der Waals surface area contributed by atoms with Gasteiger partial charge in [-0.15, -0.1) is 0 Å². The Balaban J connectivity index is 1.49. The van der Waals surface area contributed by atoms with E-state index in [1.165, 1.54) is 15.4 Å². The molecule has 0 fully saturated rings. The van der Waals surface area contributed by atoms with Crippen LogP contribution in [0.3, 0.4) is 0 Å². The number of hydrogen-bond donors (Lipinski definition) is 2. The summed E-state index contributed by atoms with van der Waals surface area (Å²) in [6.45, 7) is 4.01. The minimum atomic E-state index is -0.795. The van der Waals surface area contributed by atoms with E-state index in [2.05, 4.69) is 17.4 Å². The van der Waals surface area contributed by atoms with Crippen LogP contribution in [-0.2, 0) is 16.0 Å². The van der Waals surface area contributed by atoms with Gasteiger partial charge in [0.1, 0.15) is 5.75 Å². The second kappa shape index (κ2) is 10.4. The summed E-state index contributed by atoms with van der Waals surface area (Å²) in [6.07, 6.45) is 2.82. The van der Waals surface area contributed by atoms with Crippen LogP contribution in [0.25, 0.3) is 0 Å².